The van der Waals surface area contributed by atoms with Crippen molar-refractivity contribution in [3.8, 4) is 17.2 Å². The maximum Gasteiger partial charge on any atom is 0.150 e. The first-order chi connectivity index (χ1) is 8.24. The van der Waals surface area contributed by atoms with Crippen LogP contribution in [0.2, 0.25) is 0 Å². The number of hydrogen-bond donors (Lipinski definition) is 0. The predicted octanol–water partition coefficient (Wildman–Crippen LogP) is 3.18. The molecule has 0 fully saturated rings. The molecule has 0 heterocycles. The fourth-order valence-corrected chi connectivity index (χ4v) is 1.59. The molecule has 0 aromatic heterocycles. The fourth-order valence-electron chi connectivity index (χ4n) is 1.59. The molecule has 0 amide bonds. The molecule has 0 radical (unpaired) electrons. The molecule has 0 unspecified atom stereocenters. The van der Waals surface area contributed by atoms with E-state index in [1.807, 2.05) is 6.07 Å². The molecular weight excluding hydrogens is 217 g/mol. The molecule has 17 heavy (non-hydrogen) atoms. The summed E-state index contributed by atoms with van der Waals surface area (Å²) in [6.45, 7) is 0. The zero-order valence-corrected chi connectivity index (χ0v) is 8.85. The molecule has 2 aromatic rings. The molecule has 3 heteroatoms. The van der Waals surface area contributed by atoms with Gasteiger partial charge >= 0.3 is 0 Å². The minimum absolute atomic E-state index is 0.326. The number of carbonyl (C=O) groups is 1. The van der Waals surface area contributed by atoms with Crippen molar-refractivity contribution in [2.75, 3.05) is 0 Å². The van der Waals surface area contributed by atoms with Crippen LogP contribution in [0, 0.1) is 17.1 Å². The summed E-state index contributed by atoms with van der Waals surface area (Å²) in [4.78, 5) is 10.6. The van der Waals surface area contributed by atoms with Crippen LogP contribution in [0.1, 0.15) is 15.9 Å². The van der Waals surface area contributed by atoms with Gasteiger partial charge in [0.1, 0.15) is 12.1 Å². The first-order valence-corrected chi connectivity index (χ1v) is 5.00. The lowest BCUT2D eigenvalue weighted by molar-refractivity contribution is 0.112. The molecule has 2 rings (SSSR count). The van der Waals surface area contributed by atoms with Crippen LogP contribution in [0.3, 0.4) is 0 Å². The zero-order valence-electron chi connectivity index (χ0n) is 8.85. The molecule has 0 saturated carbocycles. The Balaban J connectivity index is 2.59. The summed E-state index contributed by atoms with van der Waals surface area (Å²) in [5, 5.41) is 8.78. The molecule has 0 N–H and O–H groups in total. The second kappa shape index (κ2) is 4.58. The van der Waals surface area contributed by atoms with Crippen LogP contribution in [-0.4, -0.2) is 6.29 Å². The van der Waals surface area contributed by atoms with Gasteiger partial charge in [0.15, 0.2) is 0 Å². The highest BCUT2D eigenvalue weighted by Gasteiger charge is 2.06. The number of aldehydes is 1. The molecule has 0 saturated heterocycles. The number of hydrogen-bond acceptors (Lipinski definition) is 2. The van der Waals surface area contributed by atoms with Gasteiger partial charge in [0.05, 0.1) is 11.6 Å². The number of halogens is 1. The monoisotopic (exact) mass is 225 g/mol. The van der Waals surface area contributed by atoms with Crippen molar-refractivity contribution in [1.29, 1.82) is 5.26 Å². The Morgan fingerprint density at radius 2 is 2.00 bits per heavy atom. The van der Waals surface area contributed by atoms with Crippen molar-refractivity contribution in [1.82, 2.24) is 0 Å². The SMILES string of the molecule is N#Cc1cccc(-c2cc(C=O)ccc2F)c1. The molecule has 0 aliphatic carbocycles. The Labute approximate surface area is 97.9 Å². The van der Waals surface area contributed by atoms with Crippen molar-refractivity contribution in [3.05, 3.63) is 59.4 Å². The van der Waals surface area contributed by atoms with E-state index in [-0.39, 0.29) is 0 Å². The summed E-state index contributed by atoms with van der Waals surface area (Å²) in [5.41, 5.74) is 1.78. The number of benzene rings is 2. The van der Waals surface area contributed by atoms with Crippen LogP contribution >= 0.6 is 0 Å². The molecule has 0 aliphatic heterocycles. The van der Waals surface area contributed by atoms with Gasteiger partial charge in [0.25, 0.3) is 0 Å². The molecule has 2 nitrogen and oxygen atoms in total. The highest BCUT2D eigenvalue weighted by atomic mass is 19.1. The standard InChI is InChI=1S/C14H8FNO/c15-14-5-4-11(9-17)7-13(14)12-3-1-2-10(6-12)8-16/h1-7,9H. The number of nitriles is 1. The molecule has 0 aliphatic rings. The van der Waals surface area contributed by atoms with E-state index in [1.165, 1.54) is 18.2 Å². The highest BCUT2D eigenvalue weighted by Crippen LogP contribution is 2.24. The van der Waals surface area contributed by atoms with Crippen molar-refractivity contribution >= 4 is 6.29 Å². The van der Waals surface area contributed by atoms with Crippen molar-refractivity contribution in [3.63, 3.8) is 0 Å². The minimum atomic E-state index is -0.411. The van der Waals surface area contributed by atoms with Gasteiger partial charge in [-0.1, -0.05) is 12.1 Å². The van der Waals surface area contributed by atoms with E-state index in [4.69, 9.17) is 5.26 Å². The van der Waals surface area contributed by atoms with E-state index in [9.17, 15) is 9.18 Å². The Hall–Kier alpha value is -2.47. The minimum Gasteiger partial charge on any atom is -0.298 e. The topological polar surface area (TPSA) is 40.9 Å². The Bertz CT molecular complexity index is 614. The van der Waals surface area contributed by atoms with Gasteiger partial charge in [0, 0.05) is 11.1 Å². The summed E-state index contributed by atoms with van der Waals surface area (Å²) < 4.78 is 13.6. The van der Waals surface area contributed by atoms with Gasteiger partial charge in [-0.05, 0) is 35.9 Å². The first kappa shape index (κ1) is 11.0. The van der Waals surface area contributed by atoms with Gasteiger partial charge in [-0.2, -0.15) is 5.26 Å². The summed E-state index contributed by atoms with van der Waals surface area (Å²) in [6, 6.07) is 12.7. The van der Waals surface area contributed by atoms with Gasteiger partial charge in [-0.15, -0.1) is 0 Å². The lowest BCUT2D eigenvalue weighted by atomic mass is 10.0. The normalized spacial score (nSPS) is 9.65. The maximum atomic E-state index is 13.6. The van der Waals surface area contributed by atoms with Crippen molar-refractivity contribution in [2.24, 2.45) is 0 Å². The lowest BCUT2D eigenvalue weighted by Gasteiger charge is -2.04. The van der Waals surface area contributed by atoms with Gasteiger partial charge in [-0.3, -0.25) is 4.79 Å². The third-order valence-corrected chi connectivity index (χ3v) is 2.43. The Kier molecular flexibility index (Phi) is 2.97. The van der Waals surface area contributed by atoms with E-state index >= 15 is 0 Å². The van der Waals surface area contributed by atoms with Crippen LogP contribution in [0.4, 0.5) is 4.39 Å². The first-order valence-electron chi connectivity index (χ1n) is 5.00. The molecular formula is C14H8FNO. The van der Waals surface area contributed by atoms with Crippen LogP contribution in [0.25, 0.3) is 11.1 Å². The van der Waals surface area contributed by atoms with Crippen LogP contribution in [0.15, 0.2) is 42.5 Å². The smallest absolute Gasteiger partial charge is 0.150 e. The Morgan fingerprint density at radius 3 is 2.71 bits per heavy atom. The zero-order chi connectivity index (χ0) is 12.3. The maximum absolute atomic E-state index is 13.6. The average Bonchev–Trinajstić information content (AvgIpc) is 2.39. The second-order valence-corrected chi connectivity index (χ2v) is 3.55. The van der Waals surface area contributed by atoms with Gasteiger partial charge in [0.2, 0.25) is 0 Å². The summed E-state index contributed by atoms with van der Waals surface area (Å²) in [5.74, 6) is -0.411. The Morgan fingerprint density at radius 1 is 1.18 bits per heavy atom. The van der Waals surface area contributed by atoms with Crippen molar-refractivity contribution in [2.45, 2.75) is 0 Å². The van der Waals surface area contributed by atoms with E-state index in [2.05, 4.69) is 0 Å². The van der Waals surface area contributed by atoms with E-state index in [1.54, 1.807) is 24.3 Å². The highest BCUT2D eigenvalue weighted by molar-refractivity contribution is 5.79. The predicted molar refractivity (Wildman–Crippen MR) is 61.9 cm³/mol. The molecule has 0 atom stereocenters. The largest absolute Gasteiger partial charge is 0.298 e. The quantitative estimate of drug-likeness (QED) is 0.736. The van der Waals surface area contributed by atoms with Gasteiger partial charge in [-0.25, -0.2) is 4.39 Å². The van der Waals surface area contributed by atoms with Crippen LogP contribution < -0.4 is 0 Å². The van der Waals surface area contributed by atoms with E-state index < -0.39 is 5.82 Å². The summed E-state index contributed by atoms with van der Waals surface area (Å²) >= 11 is 0. The summed E-state index contributed by atoms with van der Waals surface area (Å²) in [6.07, 6.45) is 0.664. The molecule has 0 spiro atoms. The lowest BCUT2D eigenvalue weighted by Crippen LogP contribution is -1.88. The van der Waals surface area contributed by atoms with Crippen LogP contribution in [-0.2, 0) is 0 Å². The second-order valence-electron chi connectivity index (χ2n) is 3.55. The third-order valence-electron chi connectivity index (χ3n) is 2.43. The molecule has 2 aromatic carbocycles. The van der Waals surface area contributed by atoms with E-state index in [0.717, 1.165) is 0 Å². The average molecular weight is 225 g/mol. The molecule has 0 bridgehead atoms. The number of nitrogens with zero attached hydrogens (tertiary/aromatic N) is 1. The van der Waals surface area contributed by atoms with Crippen LogP contribution in [0.5, 0.6) is 0 Å². The number of carbonyl (C=O) groups excluding carboxylic acids is 1. The summed E-state index contributed by atoms with van der Waals surface area (Å²) in [7, 11) is 0. The number of rotatable bonds is 2. The fraction of sp³-hybridized carbons (Fsp3) is 0. The molecule has 82 valence electrons. The van der Waals surface area contributed by atoms with Gasteiger partial charge < -0.3 is 0 Å². The van der Waals surface area contributed by atoms with Crippen molar-refractivity contribution < 1.29 is 9.18 Å². The third kappa shape index (κ3) is 2.21. The van der Waals surface area contributed by atoms with E-state index in [0.29, 0.717) is 28.5 Å².